The molecule has 20 heavy (non-hydrogen) atoms. The number of hydrogen-bond donors (Lipinski definition) is 2. The molecule has 0 saturated heterocycles. The molecule has 3 N–H and O–H groups in total. The molecule has 104 valence electrons. The average Bonchev–Trinajstić information content (AvgIpc) is 2.41. The first-order valence-electron chi connectivity index (χ1n) is 5.72. The van der Waals surface area contributed by atoms with Crippen molar-refractivity contribution in [3.8, 4) is 5.75 Å². The fraction of sp³-hybridized carbons (Fsp3) is 0.0714. The molecule has 0 saturated carbocycles. The van der Waals surface area contributed by atoms with Gasteiger partial charge >= 0.3 is 0 Å². The summed E-state index contributed by atoms with van der Waals surface area (Å²) >= 11 is 6.72. The van der Waals surface area contributed by atoms with E-state index in [1.807, 2.05) is 12.1 Å². The van der Waals surface area contributed by atoms with Crippen molar-refractivity contribution in [1.82, 2.24) is 0 Å². The zero-order valence-corrected chi connectivity index (χ0v) is 13.8. The van der Waals surface area contributed by atoms with Gasteiger partial charge in [0.15, 0.2) is 0 Å². The Morgan fingerprint density at radius 3 is 2.55 bits per heavy atom. The largest absolute Gasteiger partial charge is 0.494 e. The lowest BCUT2D eigenvalue weighted by Crippen LogP contribution is -2.14. The van der Waals surface area contributed by atoms with Gasteiger partial charge in [-0.2, -0.15) is 0 Å². The summed E-state index contributed by atoms with van der Waals surface area (Å²) < 4.78 is 6.62. The molecule has 0 atom stereocenters. The molecule has 0 unspecified atom stereocenters. The Labute approximate surface area is 133 Å². The number of amides is 1. The van der Waals surface area contributed by atoms with Crippen molar-refractivity contribution in [2.45, 2.75) is 0 Å². The summed E-state index contributed by atoms with van der Waals surface area (Å²) in [6, 6.07) is 10.6. The van der Waals surface area contributed by atoms with Crippen molar-refractivity contribution >= 4 is 49.1 Å². The highest BCUT2D eigenvalue weighted by molar-refractivity contribution is 9.11. The molecule has 0 bridgehead atoms. The van der Waals surface area contributed by atoms with Crippen molar-refractivity contribution in [2.75, 3.05) is 18.2 Å². The summed E-state index contributed by atoms with van der Waals surface area (Å²) in [6.07, 6.45) is 0. The summed E-state index contributed by atoms with van der Waals surface area (Å²) in [5.74, 6) is 0.263. The molecule has 0 heterocycles. The Hall–Kier alpha value is -1.53. The second-order valence-electron chi connectivity index (χ2n) is 4.01. The highest BCUT2D eigenvalue weighted by Gasteiger charge is 2.15. The summed E-state index contributed by atoms with van der Waals surface area (Å²) in [5.41, 5.74) is 7.37. The number of rotatable bonds is 3. The summed E-state index contributed by atoms with van der Waals surface area (Å²) in [6.45, 7) is 0. The molecule has 4 nitrogen and oxygen atoms in total. The minimum absolute atomic E-state index is 0.235. The van der Waals surface area contributed by atoms with Gasteiger partial charge < -0.3 is 15.8 Å². The van der Waals surface area contributed by atoms with Crippen molar-refractivity contribution in [3.63, 3.8) is 0 Å². The van der Waals surface area contributed by atoms with Crippen LogP contribution < -0.4 is 15.8 Å². The van der Waals surface area contributed by atoms with E-state index >= 15 is 0 Å². The Bertz CT molecular complexity index is 660. The van der Waals surface area contributed by atoms with Crippen LogP contribution >= 0.6 is 31.9 Å². The van der Waals surface area contributed by atoms with Gasteiger partial charge in [0.05, 0.1) is 18.4 Å². The Morgan fingerprint density at radius 1 is 1.20 bits per heavy atom. The molecule has 0 radical (unpaired) electrons. The van der Waals surface area contributed by atoms with Gasteiger partial charge in [-0.25, -0.2) is 0 Å². The highest BCUT2D eigenvalue weighted by Crippen LogP contribution is 2.35. The number of hydrogen-bond acceptors (Lipinski definition) is 3. The maximum Gasteiger partial charge on any atom is 0.256 e. The van der Waals surface area contributed by atoms with E-state index in [9.17, 15) is 4.79 Å². The fourth-order valence-electron chi connectivity index (χ4n) is 1.71. The maximum atomic E-state index is 12.3. The van der Waals surface area contributed by atoms with Crippen LogP contribution in [0.3, 0.4) is 0 Å². The van der Waals surface area contributed by atoms with Gasteiger partial charge in [0.1, 0.15) is 5.75 Å². The van der Waals surface area contributed by atoms with Crippen molar-refractivity contribution in [3.05, 3.63) is 50.9 Å². The third-order valence-electron chi connectivity index (χ3n) is 2.65. The van der Waals surface area contributed by atoms with E-state index in [4.69, 9.17) is 10.5 Å². The predicted octanol–water partition coefficient (Wildman–Crippen LogP) is 4.05. The normalized spacial score (nSPS) is 10.2. The van der Waals surface area contributed by atoms with Gasteiger partial charge in [-0.1, -0.05) is 12.1 Å². The van der Waals surface area contributed by atoms with Crippen LogP contribution in [-0.2, 0) is 0 Å². The number of benzene rings is 2. The number of anilines is 2. The minimum Gasteiger partial charge on any atom is -0.494 e. The van der Waals surface area contributed by atoms with Gasteiger partial charge in [-0.15, -0.1) is 0 Å². The van der Waals surface area contributed by atoms with Crippen LogP contribution in [0.2, 0.25) is 0 Å². The first-order valence-corrected chi connectivity index (χ1v) is 7.30. The lowest BCUT2D eigenvalue weighted by Gasteiger charge is -2.13. The van der Waals surface area contributed by atoms with Crippen molar-refractivity contribution in [2.24, 2.45) is 0 Å². The van der Waals surface area contributed by atoms with Gasteiger partial charge in [-0.3, -0.25) is 4.79 Å². The molecule has 0 fully saturated rings. The number of nitrogens with two attached hydrogens (primary N) is 1. The zero-order valence-electron chi connectivity index (χ0n) is 10.6. The number of nitrogens with one attached hydrogen (secondary N) is 1. The maximum absolute atomic E-state index is 12.3. The quantitative estimate of drug-likeness (QED) is 0.765. The van der Waals surface area contributed by atoms with Gasteiger partial charge in [0.25, 0.3) is 5.91 Å². The molecule has 2 aromatic rings. The predicted molar refractivity (Wildman–Crippen MR) is 87.2 cm³/mol. The van der Waals surface area contributed by atoms with E-state index < -0.39 is 0 Å². The highest BCUT2D eigenvalue weighted by atomic mass is 79.9. The molecule has 0 spiro atoms. The molecular weight excluding hydrogens is 388 g/mol. The number of carbonyl (C=O) groups excluding carboxylic acids is 1. The summed E-state index contributed by atoms with van der Waals surface area (Å²) in [4.78, 5) is 12.3. The average molecular weight is 400 g/mol. The number of ether oxygens (including phenoxy) is 1. The number of nitrogen functional groups attached to an aromatic ring is 1. The lowest BCUT2D eigenvalue weighted by molar-refractivity contribution is 0.102. The standard InChI is InChI=1S/C14H12Br2N2O2/c1-20-12-7-8(17)6-11(16)13(12)18-14(19)9-4-2-3-5-10(9)15/h2-7H,17H2,1H3,(H,18,19). The van der Waals surface area contributed by atoms with Crippen molar-refractivity contribution < 1.29 is 9.53 Å². The van der Waals surface area contributed by atoms with E-state index in [1.54, 1.807) is 24.3 Å². The van der Waals surface area contributed by atoms with E-state index in [0.29, 0.717) is 27.2 Å². The molecule has 2 rings (SSSR count). The molecule has 0 aliphatic heterocycles. The van der Waals surface area contributed by atoms with E-state index in [2.05, 4.69) is 37.2 Å². The van der Waals surface area contributed by atoms with Gasteiger partial charge in [0, 0.05) is 20.7 Å². The van der Waals surface area contributed by atoms with Crippen LogP contribution in [0.1, 0.15) is 10.4 Å². The number of carbonyl (C=O) groups is 1. The van der Waals surface area contributed by atoms with Crippen LogP contribution in [0.5, 0.6) is 5.75 Å². The Kier molecular flexibility index (Phi) is 4.67. The van der Waals surface area contributed by atoms with Crippen LogP contribution in [-0.4, -0.2) is 13.0 Å². The molecule has 0 aliphatic carbocycles. The summed E-state index contributed by atoms with van der Waals surface area (Å²) in [7, 11) is 1.52. The van der Waals surface area contributed by atoms with Gasteiger partial charge in [0.2, 0.25) is 0 Å². The monoisotopic (exact) mass is 398 g/mol. The van der Waals surface area contributed by atoms with Crippen LogP contribution in [0, 0.1) is 0 Å². The fourth-order valence-corrected chi connectivity index (χ4v) is 2.73. The number of halogens is 2. The van der Waals surface area contributed by atoms with Crippen LogP contribution in [0.4, 0.5) is 11.4 Å². The van der Waals surface area contributed by atoms with E-state index in [-0.39, 0.29) is 5.91 Å². The minimum atomic E-state index is -0.235. The first kappa shape index (κ1) is 14.9. The Morgan fingerprint density at radius 2 is 1.90 bits per heavy atom. The van der Waals surface area contributed by atoms with Crippen LogP contribution in [0.15, 0.2) is 45.3 Å². The zero-order chi connectivity index (χ0) is 14.7. The smallest absolute Gasteiger partial charge is 0.256 e. The second kappa shape index (κ2) is 6.28. The van der Waals surface area contributed by atoms with E-state index in [0.717, 1.165) is 4.47 Å². The lowest BCUT2D eigenvalue weighted by atomic mass is 10.2. The number of methoxy groups -OCH3 is 1. The molecule has 1 amide bonds. The first-order chi connectivity index (χ1) is 9.52. The molecular formula is C14H12Br2N2O2. The molecule has 0 aromatic heterocycles. The molecule has 2 aromatic carbocycles. The Balaban J connectivity index is 2.35. The van der Waals surface area contributed by atoms with E-state index in [1.165, 1.54) is 7.11 Å². The third kappa shape index (κ3) is 3.13. The molecule has 6 heteroatoms. The summed E-state index contributed by atoms with van der Waals surface area (Å²) in [5, 5.41) is 2.82. The van der Waals surface area contributed by atoms with Gasteiger partial charge in [-0.05, 0) is 50.1 Å². The molecule has 0 aliphatic rings. The van der Waals surface area contributed by atoms with Crippen LogP contribution in [0.25, 0.3) is 0 Å². The SMILES string of the molecule is COc1cc(N)cc(Br)c1NC(=O)c1ccccc1Br. The third-order valence-corrected chi connectivity index (χ3v) is 3.97. The topological polar surface area (TPSA) is 64.3 Å². The second-order valence-corrected chi connectivity index (χ2v) is 5.72. The van der Waals surface area contributed by atoms with Crippen molar-refractivity contribution in [1.29, 1.82) is 0 Å².